The Hall–Kier alpha value is -1.71. The number of rotatable bonds is 13. The van der Waals surface area contributed by atoms with Crippen molar-refractivity contribution in [3.8, 4) is 0 Å². The lowest BCUT2D eigenvalue weighted by Gasteiger charge is -2.38. The zero-order valence-electron chi connectivity index (χ0n) is 26.6. The van der Waals surface area contributed by atoms with Gasteiger partial charge in [0, 0.05) is 18.4 Å². The van der Waals surface area contributed by atoms with Gasteiger partial charge in [-0.15, -0.1) is 0 Å². The first-order valence-corrected chi connectivity index (χ1v) is 16.1. The van der Waals surface area contributed by atoms with E-state index in [-0.39, 0.29) is 43.9 Å². The minimum Gasteiger partial charge on any atom is -0.459 e. The van der Waals surface area contributed by atoms with Gasteiger partial charge in [-0.3, -0.25) is 19.3 Å². The summed E-state index contributed by atoms with van der Waals surface area (Å²) in [6.07, 6.45) is 9.62. The molecule has 0 spiro atoms. The van der Waals surface area contributed by atoms with E-state index in [1.165, 1.54) is 19.3 Å². The number of carbonyl (C=O) groups excluding carboxylic acids is 3. The highest BCUT2D eigenvalue weighted by Gasteiger charge is 2.37. The lowest BCUT2D eigenvalue weighted by atomic mass is 9.79. The molecule has 2 saturated heterocycles. The number of hydrogen-bond acceptors (Lipinski definition) is 9. The van der Waals surface area contributed by atoms with Gasteiger partial charge < -0.3 is 24.8 Å². The predicted molar refractivity (Wildman–Crippen MR) is 159 cm³/mol. The molecule has 9 nitrogen and oxygen atoms in total. The van der Waals surface area contributed by atoms with E-state index < -0.39 is 28.7 Å². The average molecular weight is 580 g/mol. The molecule has 2 heterocycles. The molecule has 9 heteroatoms. The summed E-state index contributed by atoms with van der Waals surface area (Å²) in [7, 11) is 0. The number of hydrogen-bond donors (Lipinski definition) is 2. The highest BCUT2D eigenvalue weighted by atomic mass is 16.6. The largest absolute Gasteiger partial charge is 0.459 e. The van der Waals surface area contributed by atoms with Gasteiger partial charge in [0.05, 0.1) is 19.5 Å². The van der Waals surface area contributed by atoms with Crippen molar-refractivity contribution in [2.45, 2.75) is 123 Å². The van der Waals surface area contributed by atoms with E-state index in [1.807, 2.05) is 41.5 Å². The maximum atomic E-state index is 13.2. The van der Waals surface area contributed by atoms with Gasteiger partial charge in [-0.2, -0.15) is 0 Å². The molecular formula is C32H57N3O6. The van der Waals surface area contributed by atoms with Crippen LogP contribution in [0.1, 0.15) is 106 Å². The van der Waals surface area contributed by atoms with Gasteiger partial charge in [0.15, 0.2) is 0 Å². The summed E-state index contributed by atoms with van der Waals surface area (Å²) in [4.78, 5) is 40.9. The monoisotopic (exact) mass is 579 g/mol. The second kappa shape index (κ2) is 15.1. The standard InChI is InChI=1S/C32H57N3O6/c1-30(2,24-10-8-7-9-11-24)39-27(36)16-21-35(22-28(37)40-31(3,4)25-12-17-33-18-13-25)23-29(38)41-32(5,6)26-14-19-34-20-15-26/h24-26,33-34H,7-23H2,1-6H3. The Morgan fingerprint density at radius 3 is 1.37 bits per heavy atom. The van der Waals surface area contributed by atoms with E-state index >= 15 is 0 Å². The molecule has 3 aliphatic rings. The molecule has 0 amide bonds. The Kier molecular flexibility index (Phi) is 12.5. The first kappa shape index (κ1) is 33.8. The zero-order chi connectivity index (χ0) is 30.1. The molecule has 0 atom stereocenters. The van der Waals surface area contributed by atoms with Crippen molar-refractivity contribution >= 4 is 17.9 Å². The summed E-state index contributed by atoms with van der Waals surface area (Å²) < 4.78 is 17.9. The topological polar surface area (TPSA) is 106 Å². The molecule has 3 rings (SSSR count). The van der Waals surface area contributed by atoms with E-state index in [2.05, 4.69) is 10.6 Å². The molecule has 0 aromatic carbocycles. The van der Waals surface area contributed by atoms with Crippen LogP contribution in [0.25, 0.3) is 0 Å². The van der Waals surface area contributed by atoms with Gasteiger partial charge >= 0.3 is 17.9 Å². The zero-order valence-corrected chi connectivity index (χ0v) is 26.6. The van der Waals surface area contributed by atoms with Crippen LogP contribution in [0.3, 0.4) is 0 Å². The van der Waals surface area contributed by atoms with Crippen LogP contribution < -0.4 is 10.6 Å². The second-order valence-corrected chi connectivity index (χ2v) is 14.1. The molecule has 2 aliphatic heterocycles. The molecule has 41 heavy (non-hydrogen) atoms. The van der Waals surface area contributed by atoms with Crippen molar-refractivity contribution in [2.24, 2.45) is 17.8 Å². The lowest BCUT2D eigenvalue weighted by Crippen LogP contribution is -2.47. The molecular weight excluding hydrogens is 522 g/mol. The van der Waals surface area contributed by atoms with Crippen molar-refractivity contribution in [3.63, 3.8) is 0 Å². The first-order valence-electron chi connectivity index (χ1n) is 16.1. The molecule has 0 unspecified atom stereocenters. The number of ether oxygens (including phenoxy) is 3. The molecule has 2 N–H and O–H groups in total. The van der Waals surface area contributed by atoms with E-state index in [9.17, 15) is 14.4 Å². The molecule has 1 saturated carbocycles. The van der Waals surface area contributed by atoms with Crippen LogP contribution in [0.5, 0.6) is 0 Å². The number of carbonyl (C=O) groups is 3. The highest BCUT2D eigenvalue weighted by molar-refractivity contribution is 5.76. The summed E-state index contributed by atoms with van der Waals surface area (Å²) in [5.41, 5.74) is -1.74. The third-order valence-electron chi connectivity index (χ3n) is 9.70. The molecule has 1 aliphatic carbocycles. The van der Waals surface area contributed by atoms with Crippen LogP contribution in [0.15, 0.2) is 0 Å². The van der Waals surface area contributed by atoms with Crippen molar-refractivity contribution < 1.29 is 28.6 Å². The third-order valence-corrected chi connectivity index (χ3v) is 9.70. The van der Waals surface area contributed by atoms with Crippen molar-refractivity contribution in [2.75, 3.05) is 45.8 Å². The fraction of sp³-hybridized carbons (Fsp3) is 0.906. The number of piperidine rings is 2. The van der Waals surface area contributed by atoms with Gasteiger partial charge in [-0.1, -0.05) is 19.3 Å². The maximum absolute atomic E-state index is 13.2. The van der Waals surface area contributed by atoms with Crippen LogP contribution in [0, 0.1) is 17.8 Å². The number of nitrogens with zero attached hydrogens (tertiary/aromatic N) is 1. The number of esters is 3. The summed E-state index contributed by atoms with van der Waals surface area (Å²) >= 11 is 0. The Balaban J connectivity index is 1.60. The Labute approximate surface area is 248 Å². The lowest BCUT2D eigenvalue weighted by molar-refractivity contribution is -0.170. The predicted octanol–water partition coefficient (Wildman–Crippen LogP) is 4.22. The summed E-state index contributed by atoms with van der Waals surface area (Å²) in [5.74, 6) is -0.194. The number of nitrogens with one attached hydrogen (secondary N) is 2. The van der Waals surface area contributed by atoms with Crippen LogP contribution in [0.2, 0.25) is 0 Å². The van der Waals surface area contributed by atoms with Gasteiger partial charge in [-0.05, 0) is 112 Å². The van der Waals surface area contributed by atoms with Crippen LogP contribution in [0.4, 0.5) is 0 Å². The highest BCUT2D eigenvalue weighted by Crippen LogP contribution is 2.35. The van der Waals surface area contributed by atoms with Gasteiger partial charge in [-0.25, -0.2) is 0 Å². The Bertz CT molecular complexity index is 809. The molecule has 0 bridgehead atoms. The SMILES string of the molecule is CC(C)(OC(=O)CCN(CC(=O)OC(C)(C)C1CCNCC1)CC(=O)OC(C)(C)C1CCNCC1)C1CCCCC1. The molecule has 0 aromatic rings. The van der Waals surface area contributed by atoms with Crippen LogP contribution >= 0.6 is 0 Å². The van der Waals surface area contributed by atoms with Gasteiger partial charge in [0.1, 0.15) is 16.8 Å². The molecule has 0 radical (unpaired) electrons. The van der Waals surface area contributed by atoms with Crippen LogP contribution in [-0.4, -0.2) is 85.4 Å². The third kappa shape index (κ3) is 10.8. The summed E-state index contributed by atoms with van der Waals surface area (Å²) in [6, 6.07) is 0. The fourth-order valence-electron chi connectivity index (χ4n) is 6.91. The molecule has 236 valence electrons. The van der Waals surface area contributed by atoms with Gasteiger partial charge in [0.25, 0.3) is 0 Å². The van der Waals surface area contributed by atoms with Crippen molar-refractivity contribution in [1.82, 2.24) is 15.5 Å². The van der Waals surface area contributed by atoms with Crippen molar-refractivity contribution in [1.29, 1.82) is 0 Å². The minimum absolute atomic E-state index is 0.0867. The minimum atomic E-state index is -0.606. The Morgan fingerprint density at radius 1 is 0.585 bits per heavy atom. The Morgan fingerprint density at radius 2 is 0.951 bits per heavy atom. The smallest absolute Gasteiger partial charge is 0.320 e. The fourth-order valence-corrected chi connectivity index (χ4v) is 6.91. The summed E-state index contributed by atoms with van der Waals surface area (Å²) in [6.45, 7) is 15.5. The summed E-state index contributed by atoms with van der Waals surface area (Å²) in [5, 5.41) is 6.71. The molecule has 0 aromatic heterocycles. The van der Waals surface area contributed by atoms with Gasteiger partial charge in [0.2, 0.25) is 0 Å². The maximum Gasteiger partial charge on any atom is 0.320 e. The van der Waals surface area contributed by atoms with Crippen molar-refractivity contribution in [3.05, 3.63) is 0 Å². The van der Waals surface area contributed by atoms with E-state index in [0.717, 1.165) is 64.7 Å². The second-order valence-electron chi connectivity index (χ2n) is 14.1. The van der Waals surface area contributed by atoms with E-state index in [4.69, 9.17) is 14.2 Å². The molecule has 3 fully saturated rings. The average Bonchev–Trinajstić information content (AvgIpc) is 2.92. The van der Waals surface area contributed by atoms with Crippen LogP contribution in [-0.2, 0) is 28.6 Å². The quantitative estimate of drug-likeness (QED) is 0.245. The van der Waals surface area contributed by atoms with E-state index in [1.54, 1.807) is 4.90 Å². The first-order chi connectivity index (χ1) is 19.3. The van der Waals surface area contributed by atoms with E-state index in [0.29, 0.717) is 5.92 Å². The normalized spacial score (nSPS) is 20.6.